The van der Waals surface area contributed by atoms with Gasteiger partial charge in [-0.15, -0.1) is 0 Å². The molecule has 1 fully saturated rings. The van der Waals surface area contributed by atoms with Crippen molar-refractivity contribution >= 4 is 5.82 Å². The second kappa shape index (κ2) is 6.38. The molecule has 1 saturated heterocycles. The second-order valence-corrected chi connectivity index (χ2v) is 5.91. The summed E-state index contributed by atoms with van der Waals surface area (Å²) < 4.78 is 0. The largest absolute Gasteiger partial charge is 0.354 e. The Labute approximate surface area is 117 Å². The highest BCUT2D eigenvalue weighted by molar-refractivity contribution is 5.41. The van der Waals surface area contributed by atoms with Gasteiger partial charge in [-0.25, -0.2) is 4.98 Å². The molecule has 3 atom stereocenters. The molecule has 0 bridgehead atoms. The molecule has 1 aromatic heterocycles. The summed E-state index contributed by atoms with van der Waals surface area (Å²) in [6.07, 6.45) is 4.64. The second-order valence-electron chi connectivity index (χ2n) is 5.91. The van der Waals surface area contributed by atoms with Crippen LogP contribution in [0.4, 0.5) is 5.82 Å². The number of pyridine rings is 1. The van der Waals surface area contributed by atoms with Crippen LogP contribution in [0, 0.1) is 5.92 Å². The van der Waals surface area contributed by atoms with Crippen molar-refractivity contribution in [2.45, 2.75) is 52.6 Å². The van der Waals surface area contributed by atoms with Gasteiger partial charge in [0.2, 0.25) is 0 Å². The Balaban J connectivity index is 2.08. The maximum Gasteiger partial charge on any atom is 0.128 e. The molecule has 1 aliphatic heterocycles. The summed E-state index contributed by atoms with van der Waals surface area (Å²) in [5.74, 6) is 1.91. The molecule has 1 N–H and O–H groups in total. The van der Waals surface area contributed by atoms with Crippen LogP contribution in [-0.4, -0.2) is 24.1 Å². The number of nitrogens with zero attached hydrogens (tertiary/aromatic N) is 2. The quantitative estimate of drug-likeness (QED) is 0.900. The number of hydrogen-bond donors (Lipinski definition) is 1. The van der Waals surface area contributed by atoms with Crippen molar-refractivity contribution in [1.82, 2.24) is 10.3 Å². The third kappa shape index (κ3) is 3.47. The van der Waals surface area contributed by atoms with Gasteiger partial charge in [0, 0.05) is 24.8 Å². The highest BCUT2D eigenvalue weighted by Gasteiger charge is 2.23. The van der Waals surface area contributed by atoms with Gasteiger partial charge in [0.25, 0.3) is 0 Å². The van der Waals surface area contributed by atoms with Gasteiger partial charge in [-0.05, 0) is 50.8 Å². The molecule has 2 heterocycles. The lowest BCUT2D eigenvalue weighted by Crippen LogP contribution is -2.41. The highest BCUT2D eigenvalue weighted by Crippen LogP contribution is 2.26. The first-order valence-corrected chi connectivity index (χ1v) is 7.57. The third-order valence-electron chi connectivity index (χ3n) is 4.19. The zero-order chi connectivity index (χ0) is 13.8. The van der Waals surface area contributed by atoms with E-state index in [1.165, 1.54) is 18.4 Å². The zero-order valence-electron chi connectivity index (χ0n) is 12.7. The smallest absolute Gasteiger partial charge is 0.128 e. The van der Waals surface area contributed by atoms with E-state index in [9.17, 15) is 0 Å². The first-order chi connectivity index (χ1) is 9.11. The van der Waals surface area contributed by atoms with Crippen LogP contribution in [0.1, 0.15) is 52.1 Å². The van der Waals surface area contributed by atoms with Crippen molar-refractivity contribution < 1.29 is 0 Å². The van der Waals surface area contributed by atoms with Crippen molar-refractivity contribution in [3.63, 3.8) is 0 Å². The summed E-state index contributed by atoms with van der Waals surface area (Å²) >= 11 is 0. The van der Waals surface area contributed by atoms with E-state index < -0.39 is 0 Å². The molecule has 0 radical (unpaired) electrons. The van der Waals surface area contributed by atoms with Crippen LogP contribution < -0.4 is 10.2 Å². The molecule has 1 aromatic rings. The Morgan fingerprint density at radius 1 is 1.37 bits per heavy atom. The van der Waals surface area contributed by atoms with Crippen molar-refractivity contribution in [3.8, 4) is 0 Å². The summed E-state index contributed by atoms with van der Waals surface area (Å²) in [6.45, 7) is 11.1. The van der Waals surface area contributed by atoms with E-state index in [4.69, 9.17) is 0 Å². The molecule has 0 spiro atoms. The van der Waals surface area contributed by atoms with Crippen molar-refractivity contribution in [1.29, 1.82) is 0 Å². The maximum atomic E-state index is 4.68. The van der Waals surface area contributed by atoms with Crippen molar-refractivity contribution in [2.24, 2.45) is 5.92 Å². The minimum Gasteiger partial charge on any atom is -0.354 e. The molecule has 1 aliphatic rings. The summed E-state index contributed by atoms with van der Waals surface area (Å²) in [5, 5.41) is 3.42. The van der Waals surface area contributed by atoms with Crippen LogP contribution in [0.25, 0.3) is 0 Å². The van der Waals surface area contributed by atoms with Gasteiger partial charge >= 0.3 is 0 Å². The summed E-state index contributed by atoms with van der Waals surface area (Å²) in [7, 11) is 0. The molecule has 106 valence electrons. The number of rotatable bonds is 4. The molecule has 3 nitrogen and oxygen atoms in total. The van der Waals surface area contributed by atoms with E-state index >= 15 is 0 Å². The van der Waals surface area contributed by atoms with Gasteiger partial charge in [0.1, 0.15) is 5.82 Å². The Hall–Kier alpha value is -1.09. The average Bonchev–Trinajstić information content (AvgIpc) is 2.42. The lowest BCUT2D eigenvalue weighted by Gasteiger charge is -2.37. The number of piperidine rings is 1. The van der Waals surface area contributed by atoms with E-state index in [2.05, 4.69) is 55.0 Å². The van der Waals surface area contributed by atoms with Crippen molar-refractivity contribution in [3.05, 3.63) is 23.9 Å². The minimum atomic E-state index is 0.379. The summed E-state index contributed by atoms with van der Waals surface area (Å²) in [6, 6.07) is 5.38. The predicted octanol–water partition coefficient (Wildman–Crippen LogP) is 3.38. The van der Waals surface area contributed by atoms with E-state index in [1.54, 1.807) is 0 Å². The normalized spacial score (nSPS) is 25.4. The lowest BCUT2D eigenvalue weighted by molar-refractivity contribution is 0.388. The standard InChI is InChI=1S/C16H27N3/c1-5-17-14(4)15-8-9-16(18-10-15)19-11-12(2)6-7-13(19)3/h8-10,12-14,17H,5-7,11H2,1-4H3. The van der Waals surface area contributed by atoms with Gasteiger partial charge in [-0.1, -0.05) is 19.9 Å². The van der Waals surface area contributed by atoms with Crippen LogP contribution >= 0.6 is 0 Å². The Morgan fingerprint density at radius 2 is 2.16 bits per heavy atom. The zero-order valence-corrected chi connectivity index (χ0v) is 12.7. The number of aromatic nitrogens is 1. The van der Waals surface area contributed by atoms with E-state index in [0.29, 0.717) is 12.1 Å². The molecule has 19 heavy (non-hydrogen) atoms. The van der Waals surface area contributed by atoms with E-state index in [1.807, 2.05) is 6.20 Å². The Kier molecular flexibility index (Phi) is 4.81. The SMILES string of the molecule is CCNC(C)c1ccc(N2CC(C)CCC2C)nc1. The van der Waals surface area contributed by atoms with Crippen LogP contribution in [0.3, 0.4) is 0 Å². The van der Waals surface area contributed by atoms with E-state index in [-0.39, 0.29) is 0 Å². The van der Waals surface area contributed by atoms with Gasteiger partial charge in [0.05, 0.1) is 0 Å². The maximum absolute atomic E-state index is 4.68. The number of nitrogens with one attached hydrogen (secondary N) is 1. The van der Waals surface area contributed by atoms with Crippen LogP contribution in [0.2, 0.25) is 0 Å². The fourth-order valence-corrected chi connectivity index (χ4v) is 2.86. The molecule has 0 saturated carbocycles. The number of anilines is 1. The minimum absolute atomic E-state index is 0.379. The summed E-state index contributed by atoms with van der Waals surface area (Å²) in [5.41, 5.74) is 1.27. The average molecular weight is 261 g/mol. The van der Waals surface area contributed by atoms with E-state index in [0.717, 1.165) is 24.8 Å². The molecular formula is C16H27N3. The molecule has 0 amide bonds. The van der Waals surface area contributed by atoms with Gasteiger partial charge in [-0.2, -0.15) is 0 Å². The Bertz CT molecular complexity index is 387. The molecular weight excluding hydrogens is 234 g/mol. The highest BCUT2D eigenvalue weighted by atomic mass is 15.2. The molecule has 2 rings (SSSR count). The van der Waals surface area contributed by atoms with Gasteiger partial charge in [0.15, 0.2) is 0 Å². The number of hydrogen-bond acceptors (Lipinski definition) is 3. The van der Waals surface area contributed by atoms with Crippen LogP contribution in [0.15, 0.2) is 18.3 Å². The third-order valence-corrected chi connectivity index (χ3v) is 4.19. The fraction of sp³-hybridized carbons (Fsp3) is 0.688. The first kappa shape index (κ1) is 14.3. The van der Waals surface area contributed by atoms with Gasteiger partial charge < -0.3 is 10.2 Å². The fourth-order valence-electron chi connectivity index (χ4n) is 2.86. The summed E-state index contributed by atoms with van der Waals surface area (Å²) in [4.78, 5) is 7.13. The predicted molar refractivity (Wildman–Crippen MR) is 81.5 cm³/mol. The van der Waals surface area contributed by atoms with Crippen LogP contribution in [-0.2, 0) is 0 Å². The van der Waals surface area contributed by atoms with Crippen LogP contribution in [0.5, 0.6) is 0 Å². The molecule has 3 unspecified atom stereocenters. The molecule has 0 aliphatic carbocycles. The lowest BCUT2D eigenvalue weighted by atomic mass is 9.95. The molecule has 3 heteroatoms. The monoisotopic (exact) mass is 261 g/mol. The topological polar surface area (TPSA) is 28.2 Å². The van der Waals surface area contributed by atoms with Crippen molar-refractivity contribution in [2.75, 3.05) is 18.0 Å². The Morgan fingerprint density at radius 3 is 2.79 bits per heavy atom. The van der Waals surface area contributed by atoms with Gasteiger partial charge in [-0.3, -0.25) is 0 Å². The first-order valence-electron chi connectivity index (χ1n) is 7.57. The molecule has 0 aromatic carbocycles.